The summed E-state index contributed by atoms with van der Waals surface area (Å²) >= 11 is 1.57. The lowest BCUT2D eigenvalue weighted by molar-refractivity contribution is 1.29. The van der Waals surface area contributed by atoms with Crippen LogP contribution in [0.15, 0.2) is 78.3 Å². The van der Waals surface area contributed by atoms with Gasteiger partial charge in [-0.3, -0.25) is 4.98 Å². The highest BCUT2D eigenvalue weighted by atomic mass is 32.1. The topological polar surface area (TPSA) is 49.6 Å². The van der Waals surface area contributed by atoms with Crippen molar-refractivity contribution in [3.8, 4) is 39.2 Å². The molecule has 3 nitrogen and oxygen atoms in total. The number of rotatable bonds is 3. The van der Waals surface area contributed by atoms with Crippen molar-refractivity contribution >= 4 is 11.3 Å². The average Bonchev–Trinajstić information content (AvgIpc) is 3.19. The Hall–Kier alpha value is -3.29. The average molecular weight is 339 g/mol. The summed E-state index contributed by atoms with van der Waals surface area (Å²) in [5.41, 5.74) is 5.70. The van der Waals surface area contributed by atoms with Crippen LogP contribution in [-0.2, 0) is 0 Å². The van der Waals surface area contributed by atoms with Crippen LogP contribution in [0, 0.1) is 11.3 Å². The van der Waals surface area contributed by atoms with Crippen molar-refractivity contribution in [2.45, 2.75) is 0 Å². The van der Waals surface area contributed by atoms with Crippen LogP contribution in [0.1, 0.15) is 5.56 Å². The molecule has 0 aliphatic heterocycles. The second kappa shape index (κ2) is 6.68. The summed E-state index contributed by atoms with van der Waals surface area (Å²) in [7, 11) is 0. The zero-order chi connectivity index (χ0) is 17.1. The molecule has 4 rings (SSSR count). The van der Waals surface area contributed by atoms with Crippen LogP contribution in [-0.4, -0.2) is 9.97 Å². The predicted molar refractivity (Wildman–Crippen MR) is 101 cm³/mol. The molecule has 0 spiro atoms. The largest absolute Gasteiger partial charge is 0.254 e. The summed E-state index contributed by atoms with van der Waals surface area (Å²) in [6.45, 7) is 0. The van der Waals surface area contributed by atoms with E-state index in [2.05, 4.69) is 29.3 Å². The van der Waals surface area contributed by atoms with E-state index in [1.807, 2.05) is 60.1 Å². The van der Waals surface area contributed by atoms with E-state index >= 15 is 0 Å². The molecule has 0 atom stereocenters. The van der Waals surface area contributed by atoms with Crippen molar-refractivity contribution in [3.05, 3.63) is 83.9 Å². The van der Waals surface area contributed by atoms with E-state index in [0.29, 0.717) is 5.56 Å². The third kappa shape index (κ3) is 3.18. The fraction of sp³-hybridized carbons (Fsp3) is 0. The van der Waals surface area contributed by atoms with Gasteiger partial charge in [-0.2, -0.15) is 5.26 Å². The normalized spacial score (nSPS) is 10.4. The molecular weight excluding hydrogens is 326 g/mol. The zero-order valence-corrected chi connectivity index (χ0v) is 14.1. The van der Waals surface area contributed by atoms with E-state index in [1.165, 1.54) is 0 Å². The molecule has 0 aliphatic carbocycles. The van der Waals surface area contributed by atoms with Gasteiger partial charge in [-0.25, -0.2) is 4.98 Å². The van der Waals surface area contributed by atoms with E-state index < -0.39 is 0 Å². The quantitative estimate of drug-likeness (QED) is 0.501. The Balaban J connectivity index is 1.67. The first kappa shape index (κ1) is 15.3. The Morgan fingerprint density at radius 2 is 1.60 bits per heavy atom. The SMILES string of the molecule is N#Cc1ccc(-c2csc(-c3cc(-c4ccccc4)ccn3)n2)cc1. The Morgan fingerprint density at radius 1 is 0.800 bits per heavy atom. The summed E-state index contributed by atoms with van der Waals surface area (Å²) in [4.78, 5) is 9.19. The second-order valence-electron chi connectivity index (χ2n) is 5.52. The van der Waals surface area contributed by atoms with Gasteiger partial charge in [0, 0.05) is 17.1 Å². The van der Waals surface area contributed by atoms with E-state index in [9.17, 15) is 0 Å². The van der Waals surface area contributed by atoms with E-state index in [1.54, 1.807) is 11.3 Å². The number of nitrogens with zero attached hydrogens (tertiary/aromatic N) is 3. The van der Waals surface area contributed by atoms with Crippen LogP contribution in [0.4, 0.5) is 0 Å². The summed E-state index contributed by atoms with van der Waals surface area (Å²) in [5, 5.41) is 11.8. The van der Waals surface area contributed by atoms with Crippen molar-refractivity contribution in [1.29, 1.82) is 5.26 Å². The minimum atomic E-state index is 0.649. The number of hydrogen-bond acceptors (Lipinski definition) is 4. The number of pyridine rings is 1. The lowest BCUT2D eigenvalue weighted by Crippen LogP contribution is -1.85. The van der Waals surface area contributed by atoms with E-state index in [-0.39, 0.29) is 0 Å². The first-order valence-electron chi connectivity index (χ1n) is 7.81. The maximum absolute atomic E-state index is 8.90. The van der Waals surface area contributed by atoms with Gasteiger partial charge in [-0.1, -0.05) is 42.5 Å². The first-order chi connectivity index (χ1) is 12.3. The number of hydrogen-bond donors (Lipinski definition) is 0. The smallest absolute Gasteiger partial charge is 0.142 e. The lowest BCUT2D eigenvalue weighted by Gasteiger charge is -2.03. The van der Waals surface area contributed by atoms with E-state index in [0.717, 1.165) is 33.1 Å². The van der Waals surface area contributed by atoms with Gasteiger partial charge in [-0.05, 0) is 35.4 Å². The molecule has 0 radical (unpaired) electrons. The molecule has 0 bridgehead atoms. The summed E-state index contributed by atoms with van der Waals surface area (Å²) in [6.07, 6.45) is 1.82. The van der Waals surface area contributed by atoms with Gasteiger partial charge in [0.05, 0.1) is 23.0 Å². The predicted octanol–water partition coefficient (Wildman–Crippen LogP) is 5.41. The molecule has 4 heteroatoms. The van der Waals surface area contributed by atoms with Crippen molar-refractivity contribution < 1.29 is 0 Å². The highest BCUT2D eigenvalue weighted by Crippen LogP contribution is 2.30. The molecule has 0 unspecified atom stereocenters. The summed E-state index contributed by atoms with van der Waals surface area (Å²) in [6, 6.07) is 23.9. The molecule has 0 fully saturated rings. The molecule has 4 aromatic rings. The fourth-order valence-electron chi connectivity index (χ4n) is 2.60. The van der Waals surface area contributed by atoms with Crippen LogP contribution in [0.2, 0.25) is 0 Å². The van der Waals surface area contributed by atoms with Gasteiger partial charge in [0.2, 0.25) is 0 Å². The highest BCUT2D eigenvalue weighted by molar-refractivity contribution is 7.13. The summed E-state index contributed by atoms with van der Waals surface area (Å²) < 4.78 is 0. The summed E-state index contributed by atoms with van der Waals surface area (Å²) in [5.74, 6) is 0. The number of benzene rings is 2. The minimum absolute atomic E-state index is 0.649. The molecule has 2 aromatic carbocycles. The van der Waals surface area contributed by atoms with Gasteiger partial charge in [0.15, 0.2) is 0 Å². The van der Waals surface area contributed by atoms with Crippen LogP contribution in [0.3, 0.4) is 0 Å². The number of nitriles is 1. The molecule has 0 saturated heterocycles. The van der Waals surface area contributed by atoms with E-state index in [4.69, 9.17) is 10.2 Å². The second-order valence-corrected chi connectivity index (χ2v) is 6.38. The number of aromatic nitrogens is 2. The molecule has 118 valence electrons. The van der Waals surface area contributed by atoms with Crippen LogP contribution >= 0.6 is 11.3 Å². The Morgan fingerprint density at radius 3 is 2.36 bits per heavy atom. The highest BCUT2D eigenvalue weighted by Gasteiger charge is 2.09. The standard InChI is InChI=1S/C21H13N3S/c22-13-15-6-8-17(9-7-15)20-14-25-21(24-20)19-12-18(10-11-23-19)16-4-2-1-3-5-16/h1-12,14H. The molecule has 25 heavy (non-hydrogen) atoms. The van der Waals surface area contributed by atoms with Gasteiger partial charge in [0.25, 0.3) is 0 Å². The third-order valence-corrected chi connectivity index (χ3v) is 4.76. The van der Waals surface area contributed by atoms with Gasteiger partial charge in [-0.15, -0.1) is 11.3 Å². The molecular formula is C21H13N3S. The first-order valence-corrected chi connectivity index (χ1v) is 8.69. The zero-order valence-electron chi connectivity index (χ0n) is 13.3. The molecule has 0 aliphatic rings. The van der Waals surface area contributed by atoms with Crippen LogP contribution in [0.5, 0.6) is 0 Å². The van der Waals surface area contributed by atoms with Crippen molar-refractivity contribution in [1.82, 2.24) is 9.97 Å². The van der Waals surface area contributed by atoms with Gasteiger partial charge >= 0.3 is 0 Å². The molecule has 0 amide bonds. The van der Waals surface area contributed by atoms with Crippen molar-refractivity contribution in [2.24, 2.45) is 0 Å². The Bertz CT molecular complexity index is 1040. The third-order valence-electron chi connectivity index (χ3n) is 3.90. The Labute approximate surface area is 149 Å². The van der Waals surface area contributed by atoms with Crippen LogP contribution in [0.25, 0.3) is 33.1 Å². The minimum Gasteiger partial charge on any atom is -0.254 e. The molecule has 2 heterocycles. The lowest BCUT2D eigenvalue weighted by atomic mass is 10.1. The van der Waals surface area contributed by atoms with Gasteiger partial charge in [0.1, 0.15) is 5.01 Å². The van der Waals surface area contributed by atoms with Crippen LogP contribution < -0.4 is 0 Å². The maximum Gasteiger partial charge on any atom is 0.142 e. The van der Waals surface area contributed by atoms with Gasteiger partial charge < -0.3 is 0 Å². The fourth-order valence-corrected chi connectivity index (χ4v) is 3.39. The number of thiazole rings is 1. The van der Waals surface area contributed by atoms with Crippen molar-refractivity contribution in [2.75, 3.05) is 0 Å². The monoisotopic (exact) mass is 339 g/mol. The maximum atomic E-state index is 8.90. The molecule has 2 aromatic heterocycles. The van der Waals surface area contributed by atoms with Crippen molar-refractivity contribution in [3.63, 3.8) is 0 Å². The Kier molecular flexibility index (Phi) is 4.07. The molecule has 0 N–H and O–H groups in total. The molecule has 0 saturated carbocycles.